The van der Waals surface area contributed by atoms with E-state index in [9.17, 15) is 0 Å². The molecule has 1 heteroatoms. The SMILES string of the molecule is C=CCCCC(C=C)CSC(=C)C. The number of rotatable bonds is 8. The minimum atomic E-state index is 0.627. The molecule has 0 aliphatic rings. The van der Waals surface area contributed by atoms with Crippen molar-refractivity contribution in [2.24, 2.45) is 5.92 Å². The van der Waals surface area contributed by atoms with Gasteiger partial charge >= 0.3 is 0 Å². The number of thioether (sulfide) groups is 1. The largest absolute Gasteiger partial charge is 0.131 e. The molecule has 0 aromatic heterocycles. The summed E-state index contributed by atoms with van der Waals surface area (Å²) in [5.74, 6) is 1.75. The predicted molar refractivity (Wildman–Crippen MR) is 65.0 cm³/mol. The first-order chi connectivity index (χ1) is 6.20. The van der Waals surface area contributed by atoms with Gasteiger partial charge in [0.25, 0.3) is 0 Å². The van der Waals surface area contributed by atoms with Crippen molar-refractivity contribution in [2.45, 2.75) is 26.2 Å². The molecule has 0 spiro atoms. The van der Waals surface area contributed by atoms with Crippen LogP contribution in [-0.2, 0) is 0 Å². The normalized spacial score (nSPS) is 12.1. The van der Waals surface area contributed by atoms with Gasteiger partial charge in [-0.1, -0.05) is 18.7 Å². The summed E-state index contributed by atoms with van der Waals surface area (Å²) in [4.78, 5) is 1.19. The molecule has 0 bridgehead atoms. The zero-order valence-corrected chi connectivity index (χ0v) is 9.41. The summed E-state index contributed by atoms with van der Waals surface area (Å²) >= 11 is 1.83. The van der Waals surface area contributed by atoms with E-state index in [0.717, 1.165) is 12.2 Å². The van der Waals surface area contributed by atoms with E-state index in [2.05, 4.69) is 32.7 Å². The molecule has 0 heterocycles. The second-order valence-corrected chi connectivity index (χ2v) is 4.55. The number of hydrogen-bond acceptors (Lipinski definition) is 1. The molecule has 0 amide bonds. The Labute approximate surface area is 86.8 Å². The molecule has 0 rings (SSSR count). The van der Waals surface area contributed by atoms with Crippen LogP contribution >= 0.6 is 11.8 Å². The third kappa shape index (κ3) is 7.92. The quantitative estimate of drug-likeness (QED) is 0.409. The first-order valence-electron chi connectivity index (χ1n) is 4.72. The summed E-state index contributed by atoms with van der Waals surface area (Å²) in [7, 11) is 0. The van der Waals surface area contributed by atoms with Crippen molar-refractivity contribution < 1.29 is 0 Å². The van der Waals surface area contributed by atoms with Crippen LogP contribution in [0.4, 0.5) is 0 Å². The van der Waals surface area contributed by atoms with Gasteiger partial charge < -0.3 is 0 Å². The van der Waals surface area contributed by atoms with Crippen molar-refractivity contribution in [1.82, 2.24) is 0 Å². The molecule has 1 unspecified atom stereocenters. The van der Waals surface area contributed by atoms with Crippen LogP contribution in [0.3, 0.4) is 0 Å². The summed E-state index contributed by atoms with van der Waals surface area (Å²) in [6.45, 7) is 13.5. The van der Waals surface area contributed by atoms with Crippen LogP contribution in [0.2, 0.25) is 0 Å². The van der Waals surface area contributed by atoms with Crippen LogP contribution in [-0.4, -0.2) is 5.75 Å². The second kappa shape index (κ2) is 8.18. The fourth-order valence-electron chi connectivity index (χ4n) is 1.04. The zero-order chi connectivity index (χ0) is 10.1. The first-order valence-corrected chi connectivity index (χ1v) is 5.71. The summed E-state index contributed by atoms with van der Waals surface area (Å²) in [5.41, 5.74) is 0. The Kier molecular flexibility index (Phi) is 7.91. The average molecular weight is 196 g/mol. The summed E-state index contributed by atoms with van der Waals surface area (Å²) < 4.78 is 0. The van der Waals surface area contributed by atoms with Crippen LogP contribution in [0.5, 0.6) is 0 Å². The van der Waals surface area contributed by atoms with Crippen molar-refractivity contribution in [3.8, 4) is 0 Å². The van der Waals surface area contributed by atoms with E-state index in [1.54, 1.807) is 0 Å². The highest BCUT2D eigenvalue weighted by Gasteiger charge is 2.03. The van der Waals surface area contributed by atoms with E-state index in [4.69, 9.17) is 0 Å². The summed E-state index contributed by atoms with van der Waals surface area (Å²) in [6.07, 6.45) is 7.58. The monoisotopic (exact) mass is 196 g/mol. The molecular formula is C12H20S. The molecule has 13 heavy (non-hydrogen) atoms. The number of hydrogen-bond donors (Lipinski definition) is 0. The first kappa shape index (κ1) is 12.6. The van der Waals surface area contributed by atoms with E-state index in [0.29, 0.717) is 5.92 Å². The molecule has 0 aliphatic heterocycles. The van der Waals surface area contributed by atoms with Crippen molar-refractivity contribution in [2.75, 3.05) is 5.75 Å². The van der Waals surface area contributed by atoms with Crippen LogP contribution in [0.1, 0.15) is 26.2 Å². The van der Waals surface area contributed by atoms with Gasteiger partial charge in [-0.2, -0.15) is 0 Å². The molecular weight excluding hydrogens is 176 g/mol. The van der Waals surface area contributed by atoms with Gasteiger partial charge in [-0.05, 0) is 37.0 Å². The zero-order valence-electron chi connectivity index (χ0n) is 8.59. The average Bonchev–Trinajstić information content (AvgIpc) is 2.10. The van der Waals surface area contributed by atoms with E-state index in [1.165, 1.54) is 17.7 Å². The predicted octanol–water partition coefficient (Wildman–Crippen LogP) is 4.41. The topological polar surface area (TPSA) is 0 Å². The van der Waals surface area contributed by atoms with Crippen molar-refractivity contribution >= 4 is 11.8 Å². The van der Waals surface area contributed by atoms with Crippen LogP contribution < -0.4 is 0 Å². The van der Waals surface area contributed by atoms with Gasteiger partial charge in [0.05, 0.1) is 0 Å². The highest BCUT2D eigenvalue weighted by molar-refractivity contribution is 8.03. The molecule has 0 fully saturated rings. The molecule has 0 N–H and O–H groups in total. The lowest BCUT2D eigenvalue weighted by atomic mass is 10.0. The molecule has 0 saturated carbocycles. The number of unbranched alkanes of at least 4 members (excludes halogenated alkanes) is 1. The van der Waals surface area contributed by atoms with Gasteiger partial charge in [-0.3, -0.25) is 0 Å². The molecule has 0 aliphatic carbocycles. The lowest BCUT2D eigenvalue weighted by Crippen LogP contribution is -1.99. The standard InChI is InChI=1S/C12H20S/c1-5-7-8-9-12(6-2)10-13-11(3)4/h5-6,12H,1-3,7-10H2,4H3. The minimum Gasteiger partial charge on any atom is -0.131 e. The molecule has 1 atom stereocenters. The molecule has 0 aromatic carbocycles. The van der Waals surface area contributed by atoms with Crippen molar-refractivity contribution in [1.29, 1.82) is 0 Å². The van der Waals surface area contributed by atoms with Gasteiger partial charge in [-0.25, -0.2) is 0 Å². The maximum absolute atomic E-state index is 3.87. The van der Waals surface area contributed by atoms with E-state index in [-0.39, 0.29) is 0 Å². The summed E-state index contributed by atoms with van der Waals surface area (Å²) in [6, 6.07) is 0. The Morgan fingerprint density at radius 2 is 2.15 bits per heavy atom. The van der Waals surface area contributed by atoms with Crippen LogP contribution in [0.15, 0.2) is 36.8 Å². The highest BCUT2D eigenvalue weighted by atomic mass is 32.2. The fourth-order valence-corrected chi connectivity index (χ4v) is 1.84. The lowest BCUT2D eigenvalue weighted by molar-refractivity contribution is 0.621. The van der Waals surface area contributed by atoms with Crippen LogP contribution in [0.25, 0.3) is 0 Å². The Hall–Kier alpha value is -0.430. The van der Waals surface area contributed by atoms with E-state index in [1.807, 2.05) is 17.8 Å². The van der Waals surface area contributed by atoms with Gasteiger partial charge in [0.1, 0.15) is 0 Å². The molecule has 0 nitrogen and oxygen atoms in total. The van der Waals surface area contributed by atoms with Gasteiger partial charge in [0.15, 0.2) is 0 Å². The van der Waals surface area contributed by atoms with Gasteiger partial charge in [0.2, 0.25) is 0 Å². The van der Waals surface area contributed by atoms with Gasteiger partial charge in [-0.15, -0.1) is 24.9 Å². The van der Waals surface area contributed by atoms with Crippen molar-refractivity contribution in [3.05, 3.63) is 36.8 Å². The number of allylic oxidation sites excluding steroid dienone is 3. The Bertz CT molecular complexity index is 170. The van der Waals surface area contributed by atoms with Crippen LogP contribution in [0, 0.1) is 5.92 Å². The fraction of sp³-hybridized carbons (Fsp3) is 0.500. The molecule has 0 saturated heterocycles. The van der Waals surface area contributed by atoms with Crippen molar-refractivity contribution in [3.63, 3.8) is 0 Å². The highest BCUT2D eigenvalue weighted by Crippen LogP contribution is 2.20. The second-order valence-electron chi connectivity index (χ2n) is 3.23. The lowest BCUT2D eigenvalue weighted by Gasteiger charge is -2.10. The third-order valence-electron chi connectivity index (χ3n) is 1.86. The van der Waals surface area contributed by atoms with E-state index < -0.39 is 0 Å². The molecule has 0 aromatic rings. The molecule has 74 valence electrons. The molecule has 0 radical (unpaired) electrons. The maximum atomic E-state index is 3.87. The Morgan fingerprint density at radius 3 is 2.62 bits per heavy atom. The Balaban J connectivity index is 3.56. The summed E-state index contributed by atoms with van der Waals surface area (Å²) in [5, 5.41) is 0. The smallest absolute Gasteiger partial charge is 0.00394 e. The maximum Gasteiger partial charge on any atom is 0.00394 e. The van der Waals surface area contributed by atoms with E-state index >= 15 is 0 Å². The minimum absolute atomic E-state index is 0.627. The van der Waals surface area contributed by atoms with Gasteiger partial charge in [0, 0.05) is 5.75 Å². The Morgan fingerprint density at radius 1 is 1.46 bits per heavy atom. The third-order valence-corrected chi connectivity index (χ3v) is 2.95.